The summed E-state index contributed by atoms with van der Waals surface area (Å²) < 4.78 is 5.06. The van der Waals surface area contributed by atoms with Gasteiger partial charge in [0.15, 0.2) is 6.10 Å². The van der Waals surface area contributed by atoms with Crippen LogP contribution in [0.15, 0.2) is 0 Å². The van der Waals surface area contributed by atoms with Gasteiger partial charge in [-0.2, -0.15) is 11.8 Å². The third kappa shape index (κ3) is 3.26. The average molecular weight is 260 g/mol. The molecule has 0 bridgehead atoms. The molecule has 2 aliphatic heterocycles. The minimum atomic E-state index is -1.01. The van der Waals surface area contributed by atoms with Gasteiger partial charge in [-0.15, -0.1) is 0 Å². The quantitative estimate of drug-likeness (QED) is 0.730. The molecule has 0 aromatic heterocycles. The summed E-state index contributed by atoms with van der Waals surface area (Å²) in [4.78, 5) is 24.2. The first-order chi connectivity index (χ1) is 8.16. The fourth-order valence-electron chi connectivity index (χ4n) is 1.90. The Morgan fingerprint density at radius 1 is 1.47 bits per heavy atom. The minimum Gasteiger partial charge on any atom is -0.479 e. The second-order valence-electron chi connectivity index (χ2n) is 4.15. The molecule has 0 saturated carbocycles. The summed E-state index contributed by atoms with van der Waals surface area (Å²) in [6.07, 6.45) is 0.0933. The van der Waals surface area contributed by atoms with Crippen LogP contribution < -0.4 is 5.32 Å². The van der Waals surface area contributed by atoms with Crippen molar-refractivity contribution in [1.82, 2.24) is 10.2 Å². The van der Waals surface area contributed by atoms with E-state index in [1.807, 2.05) is 11.8 Å². The normalized spacial score (nSPS) is 29.1. The molecule has 0 aromatic rings. The van der Waals surface area contributed by atoms with E-state index in [1.165, 1.54) is 4.90 Å². The molecule has 2 rings (SSSR count). The summed E-state index contributed by atoms with van der Waals surface area (Å²) in [6.45, 7) is 0.861. The maximum atomic E-state index is 11.9. The molecule has 17 heavy (non-hydrogen) atoms. The third-order valence-electron chi connectivity index (χ3n) is 2.89. The number of amides is 2. The topological polar surface area (TPSA) is 78.9 Å². The van der Waals surface area contributed by atoms with Crippen molar-refractivity contribution in [2.24, 2.45) is 0 Å². The molecule has 2 unspecified atom stereocenters. The van der Waals surface area contributed by atoms with Crippen molar-refractivity contribution in [2.45, 2.75) is 18.6 Å². The van der Waals surface area contributed by atoms with E-state index in [1.54, 1.807) is 0 Å². The Morgan fingerprint density at radius 2 is 2.29 bits per heavy atom. The van der Waals surface area contributed by atoms with Gasteiger partial charge in [-0.25, -0.2) is 9.59 Å². The number of nitrogens with one attached hydrogen (secondary N) is 1. The number of morpholine rings is 1. The fourth-order valence-corrected chi connectivity index (χ4v) is 3.05. The lowest BCUT2D eigenvalue weighted by atomic mass is 10.2. The Balaban J connectivity index is 1.83. The molecule has 2 aliphatic rings. The Kier molecular flexibility index (Phi) is 4.11. The number of nitrogens with zero attached hydrogens (tertiary/aromatic N) is 1. The second-order valence-corrected chi connectivity index (χ2v) is 5.30. The van der Waals surface area contributed by atoms with Gasteiger partial charge in [-0.1, -0.05) is 0 Å². The molecule has 2 saturated heterocycles. The van der Waals surface area contributed by atoms with Crippen LogP contribution in [0, 0.1) is 0 Å². The number of thioether (sulfide) groups is 1. The van der Waals surface area contributed by atoms with Crippen LogP contribution in [0.2, 0.25) is 0 Å². The number of ether oxygens (including phenoxy) is 1. The van der Waals surface area contributed by atoms with Gasteiger partial charge in [-0.05, 0) is 12.2 Å². The zero-order valence-electron chi connectivity index (χ0n) is 9.42. The summed E-state index contributed by atoms with van der Waals surface area (Å²) in [5.74, 6) is 1.00. The van der Waals surface area contributed by atoms with Crippen LogP contribution in [-0.2, 0) is 9.53 Å². The first-order valence-electron chi connectivity index (χ1n) is 5.64. The summed E-state index contributed by atoms with van der Waals surface area (Å²) >= 11 is 1.82. The van der Waals surface area contributed by atoms with E-state index in [9.17, 15) is 9.59 Å². The maximum absolute atomic E-state index is 11.9. The van der Waals surface area contributed by atoms with E-state index < -0.39 is 12.1 Å². The van der Waals surface area contributed by atoms with Gasteiger partial charge >= 0.3 is 12.0 Å². The molecule has 0 aliphatic carbocycles. The minimum absolute atomic E-state index is 0.126. The molecule has 0 radical (unpaired) electrons. The number of hydrogen-bond donors (Lipinski definition) is 2. The standard InChI is InChI=1S/C10H16N2O4S/c13-9(14)8-5-12(2-3-16-8)10(15)11-7-1-4-17-6-7/h7-8H,1-6H2,(H,11,15)(H,13,14). The van der Waals surface area contributed by atoms with Crippen LogP contribution in [0.4, 0.5) is 4.79 Å². The number of rotatable bonds is 2. The van der Waals surface area contributed by atoms with Crippen LogP contribution >= 0.6 is 11.8 Å². The number of hydrogen-bond acceptors (Lipinski definition) is 4. The second kappa shape index (κ2) is 5.59. The van der Waals surface area contributed by atoms with Gasteiger partial charge in [0.1, 0.15) is 0 Å². The first-order valence-corrected chi connectivity index (χ1v) is 6.80. The molecule has 96 valence electrons. The van der Waals surface area contributed by atoms with Crippen molar-refractivity contribution < 1.29 is 19.4 Å². The van der Waals surface area contributed by atoms with Gasteiger partial charge in [0.2, 0.25) is 0 Å². The van der Waals surface area contributed by atoms with Crippen molar-refractivity contribution in [2.75, 3.05) is 31.2 Å². The van der Waals surface area contributed by atoms with E-state index in [4.69, 9.17) is 9.84 Å². The Bertz CT molecular complexity index is 307. The van der Waals surface area contributed by atoms with Crippen molar-refractivity contribution in [3.05, 3.63) is 0 Å². The predicted octanol–water partition coefficient (Wildman–Crippen LogP) is -0.0131. The first kappa shape index (κ1) is 12.5. The van der Waals surface area contributed by atoms with Crippen molar-refractivity contribution in [3.63, 3.8) is 0 Å². The Labute approximate surface area is 104 Å². The summed E-state index contributed by atoms with van der Waals surface area (Å²) in [7, 11) is 0. The molecule has 2 N–H and O–H groups in total. The highest BCUT2D eigenvalue weighted by Crippen LogP contribution is 2.17. The fraction of sp³-hybridized carbons (Fsp3) is 0.800. The molecule has 2 fully saturated rings. The molecule has 0 aromatic carbocycles. The highest BCUT2D eigenvalue weighted by atomic mass is 32.2. The van der Waals surface area contributed by atoms with Crippen LogP contribution in [0.25, 0.3) is 0 Å². The van der Waals surface area contributed by atoms with Crippen LogP contribution in [-0.4, -0.2) is 65.4 Å². The van der Waals surface area contributed by atoms with Gasteiger partial charge in [0.05, 0.1) is 13.2 Å². The zero-order valence-corrected chi connectivity index (χ0v) is 10.2. The van der Waals surface area contributed by atoms with E-state index >= 15 is 0 Å². The monoisotopic (exact) mass is 260 g/mol. The van der Waals surface area contributed by atoms with E-state index in [-0.39, 0.29) is 25.2 Å². The predicted molar refractivity (Wildman–Crippen MR) is 63.2 cm³/mol. The SMILES string of the molecule is O=C(O)C1CN(C(=O)NC2CCSC2)CCO1. The number of urea groups is 1. The number of aliphatic carboxylic acids is 1. The number of carboxylic acid groups (broad SMARTS) is 1. The molecule has 7 heteroatoms. The molecule has 2 amide bonds. The average Bonchev–Trinajstić information content (AvgIpc) is 2.82. The van der Waals surface area contributed by atoms with Gasteiger partial charge in [-0.3, -0.25) is 0 Å². The van der Waals surface area contributed by atoms with E-state index in [2.05, 4.69) is 5.32 Å². The maximum Gasteiger partial charge on any atom is 0.334 e. The Morgan fingerprint density at radius 3 is 2.94 bits per heavy atom. The smallest absolute Gasteiger partial charge is 0.334 e. The van der Waals surface area contributed by atoms with Crippen LogP contribution in [0.1, 0.15) is 6.42 Å². The zero-order chi connectivity index (χ0) is 12.3. The Hall–Kier alpha value is -0.950. The highest BCUT2D eigenvalue weighted by molar-refractivity contribution is 7.99. The lowest BCUT2D eigenvalue weighted by Crippen LogP contribution is -2.53. The van der Waals surface area contributed by atoms with Gasteiger partial charge in [0.25, 0.3) is 0 Å². The summed E-state index contributed by atoms with van der Waals surface area (Å²) in [5.41, 5.74) is 0. The molecule has 2 heterocycles. The van der Waals surface area contributed by atoms with E-state index in [0.29, 0.717) is 6.54 Å². The van der Waals surface area contributed by atoms with Crippen LogP contribution in [0.3, 0.4) is 0 Å². The largest absolute Gasteiger partial charge is 0.479 e. The van der Waals surface area contributed by atoms with Crippen molar-refractivity contribution >= 4 is 23.8 Å². The molecule has 2 atom stereocenters. The third-order valence-corrected chi connectivity index (χ3v) is 4.05. The molecular formula is C10H16N2O4S. The molecule has 0 spiro atoms. The summed E-state index contributed by atoms with van der Waals surface area (Å²) in [5, 5.41) is 11.8. The van der Waals surface area contributed by atoms with Gasteiger partial charge in [0, 0.05) is 18.3 Å². The molecule has 6 nitrogen and oxygen atoms in total. The van der Waals surface area contributed by atoms with Crippen molar-refractivity contribution in [1.29, 1.82) is 0 Å². The van der Waals surface area contributed by atoms with Crippen molar-refractivity contribution in [3.8, 4) is 0 Å². The number of carbonyl (C=O) groups is 2. The lowest BCUT2D eigenvalue weighted by Gasteiger charge is -2.31. The van der Waals surface area contributed by atoms with Gasteiger partial charge < -0.3 is 20.1 Å². The summed E-state index contributed by atoms with van der Waals surface area (Å²) in [6, 6.07) is 0.0469. The lowest BCUT2D eigenvalue weighted by molar-refractivity contribution is -0.154. The number of carbonyl (C=O) groups excluding carboxylic acids is 1. The highest BCUT2D eigenvalue weighted by Gasteiger charge is 2.30. The molecular weight excluding hydrogens is 244 g/mol. The van der Waals surface area contributed by atoms with E-state index in [0.717, 1.165) is 17.9 Å². The number of carboxylic acids is 1. The van der Waals surface area contributed by atoms with Crippen LogP contribution in [0.5, 0.6) is 0 Å².